The summed E-state index contributed by atoms with van der Waals surface area (Å²) in [5.41, 5.74) is 1.56. The molecular formula is C9H9ClN2O. The van der Waals surface area contributed by atoms with Gasteiger partial charge in [0, 0.05) is 10.7 Å². The van der Waals surface area contributed by atoms with E-state index in [1.807, 2.05) is 6.92 Å². The number of aryl methyl sites for hydroxylation is 1. The molecule has 0 saturated carbocycles. The summed E-state index contributed by atoms with van der Waals surface area (Å²) in [6, 6.07) is 5.15. The van der Waals surface area contributed by atoms with Crippen molar-refractivity contribution in [1.82, 2.24) is 0 Å². The zero-order chi connectivity index (χ0) is 9.84. The molecule has 1 rings (SSSR count). The van der Waals surface area contributed by atoms with E-state index in [1.54, 1.807) is 18.2 Å². The van der Waals surface area contributed by atoms with Gasteiger partial charge >= 0.3 is 0 Å². The highest BCUT2D eigenvalue weighted by atomic mass is 35.5. The molecule has 1 aromatic rings. The van der Waals surface area contributed by atoms with E-state index in [1.165, 1.54) is 0 Å². The summed E-state index contributed by atoms with van der Waals surface area (Å²) in [7, 11) is 0. The van der Waals surface area contributed by atoms with Gasteiger partial charge in [-0.25, -0.2) is 0 Å². The van der Waals surface area contributed by atoms with Gasteiger partial charge in [0.25, 0.3) is 5.91 Å². The van der Waals surface area contributed by atoms with Crippen LogP contribution in [0.4, 0.5) is 5.69 Å². The van der Waals surface area contributed by atoms with Crippen molar-refractivity contribution in [1.29, 1.82) is 5.41 Å². The molecule has 1 amide bonds. The molecule has 0 atom stereocenters. The first-order valence-corrected chi connectivity index (χ1v) is 4.09. The number of carbonyl (C=O) groups excluding carboxylic acids is 1. The molecule has 0 heterocycles. The average molecular weight is 197 g/mol. The Morgan fingerprint density at radius 3 is 2.85 bits per heavy atom. The Kier molecular flexibility index (Phi) is 3.03. The molecule has 68 valence electrons. The molecule has 0 unspecified atom stereocenters. The molecule has 1 aromatic carbocycles. The van der Waals surface area contributed by atoms with Gasteiger partial charge in [0.2, 0.25) is 0 Å². The van der Waals surface area contributed by atoms with Crippen molar-refractivity contribution in [3.8, 4) is 0 Å². The van der Waals surface area contributed by atoms with Crippen LogP contribution in [0.1, 0.15) is 5.56 Å². The van der Waals surface area contributed by atoms with Crippen LogP contribution in [0.15, 0.2) is 18.2 Å². The first-order valence-electron chi connectivity index (χ1n) is 3.71. The van der Waals surface area contributed by atoms with Crippen molar-refractivity contribution >= 4 is 29.4 Å². The van der Waals surface area contributed by atoms with E-state index in [0.29, 0.717) is 10.7 Å². The monoisotopic (exact) mass is 196 g/mol. The molecule has 0 saturated heterocycles. The largest absolute Gasteiger partial charge is 0.321 e. The molecule has 4 heteroatoms. The van der Waals surface area contributed by atoms with Gasteiger partial charge in [-0.3, -0.25) is 4.79 Å². The normalized spacial score (nSPS) is 9.38. The Morgan fingerprint density at radius 2 is 2.31 bits per heavy atom. The van der Waals surface area contributed by atoms with Gasteiger partial charge in [0.05, 0.1) is 6.21 Å². The lowest BCUT2D eigenvalue weighted by Crippen LogP contribution is -2.12. The SMILES string of the molecule is Cc1cc(Cl)ccc1NC(=O)C=N. The Labute approximate surface area is 81.2 Å². The fourth-order valence-electron chi connectivity index (χ4n) is 0.936. The third kappa shape index (κ3) is 2.56. The fraction of sp³-hybridized carbons (Fsp3) is 0.111. The van der Waals surface area contributed by atoms with Crippen LogP contribution in [-0.2, 0) is 4.79 Å². The van der Waals surface area contributed by atoms with Gasteiger partial charge in [-0.15, -0.1) is 0 Å². The lowest BCUT2D eigenvalue weighted by atomic mass is 10.2. The van der Waals surface area contributed by atoms with Gasteiger partial charge in [-0.2, -0.15) is 0 Å². The number of amides is 1. The second-order valence-electron chi connectivity index (χ2n) is 2.59. The van der Waals surface area contributed by atoms with Crippen molar-refractivity contribution in [2.75, 3.05) is 5.32 Å². The Balaban J connectivity index is 2.89. The smallest absolute Gasteiger partial charge is 0.266 e. The van der Waals surface area contributed by atoms with Crippen molar-refractivity contribution < 1.29 is 4.79 Å². The molecule has 0 aliphatic carbocycles. The molecule has 0 bridgehead atoms. The van der Waals surface area contributed by atoms with Crippen LogP contribution >= 0.6 is 11.6 Å². The maximum Gasteiger partial charge on any atom is 0.266 e. The number of anilines is 1. The number of hydrogen-bond donors (Lipinski definition) is 2. The van der Waals surface area contributed by atoms with Crippen LogP contribution < -0.4 is 5.32 Å². The van der Waals surface area contributed by atoms with E-state index in [2.05, 4.69) is 5.32 Å². The summed E-state index contributed by atoms with van der Waals surface area (Å²) in [5.74, 6) is -0.439. The zero-order valence-electron chi connectivity index (χ0n) is 7.10. The molecular weight excluding hydrogens is 188 g/mol. The van der Waals surface area contributed by atoms with Crippen molar-refractivity contribution in [2.45, 2.75) is 6.92 Å². The van der Waals surface area contributed by atoms with Crippen LogP contribution in [0.25, 0.3) is 0 Å². The van der Waals surface area contributed by atoms with Gasteiger partial charge in [0.1, 0.15) is 0 Å². The summed E-state index contributed by atoms with van der Waals surface area (Å²) in [4.78, 5) is 10.8. The minimum absolute atomic E-state index is 0.439. The molecule has 3 nitrogen and oxygen atoms in total. The van der Waals surface area contributed by atoms with E-state index < -0.39 is 5.91 Å². The summed E-state index contributed by atoms with van der Waals surface area (Å²) in [5, 5.41) is 9.88. The van der Waals surface area contributed by atoms with E-state index in [0.717, 1.165) is 11.8 Å². The van der Waals surface area contributed by atoms with Gasteiger partial charge < -0.3 is 10.7 Å². The number of rotatable bonds is 2. The van der Waals surface area contributed by atoms with Crippen LogP contribution in [0.3, 0.4) is 0 Å². The third-order valence-electron chi connectivity index (χ3n) is 1.58. The summed E-state index contributed by atoms with van der Waals surface area (Å²) in [6.07, 6.45) is 0.730. The number of halogens is 1. The Hall–Kier alpha value is -1.35. The molecule has 0 spiro atoms. The summed E-state index contributed by atoms with van der Waals surface area (Å²) < 4.78 is 0. The second kappa shape index (κ2) is 4.05. The highest BCUT2D eigenvalue weighted by Gasteiger charge is 2.01. The van der Waals surface area contributed by atoms with Crippen LogP contribution in [0.5, 0.6) is 0 Å². The zero-order valence-corrected chi connectivity index (χ0v) is 7.85. The van der Waals surface area contributed by atoms with E-state index >= 15 is 0 Å². The lowest BCUT2D eigenvalue weighted by Gasteiger charge is -2.05. The highest BCUT2D eigenvalue weighted by Crippen LogP contribution is 2.19. The lowest BCUT2D eigenvalue weighted by molar-refractivity contribution is -0.110. The van der Waals surface area contributed by atoms with Gasteiger partial charge in [-0.05, 0) is 30.7 Å². The third-order valence-corrected chi connectivity index (χ3v) is 1.81. The Bertz CT molecular complexity index is 349. The minimum Gasteiger partial charge on any atom is -0.321 e. The molecule has 0 fully saturated rings. The van der Waals surface area contributed by atoms with E-state index in [-0.39, 0.29) is 0 Å². The number of carbonyl (C=O) groups is 1. The molecule has 0 aromatic heterocycles. The average Bonchev–Trinajstić information content (AvgIpc) is 2.09. The second-order valence-corrected chi connectivity index (χ2v) is 3.03. The topological polar surface area (TPSA) is 53.0 Å². The number of benzene rings is 1. The van der Waals surface area contributed by atoms with Gasteiger partial charge in [0.15, 0.2) is 0 Å². The highest BCUT2D eigenvalue weighted by molar-refractivity contribution is 6.31. The summed E-state index contributed by atoms with van der Waals surface area (Å²) >= 11 is 5.73. The van der Waals surface area contributed by atoms with Crippen molar-refractivity contribution in [3.05, 3.63) is 28.8 Å². The van der Waals surface area contributed by atoms with E-state index in [9.17, 15) is 4.79 Å². The minimum atomic E-state index is -0.439. The maximum atomic E-state index is 10.8. The quantitative estimate of drug-likeness (QED) is 0.701. The fourth-order valence-corrected chi connectivity index (χ4v) is 1.16. The van der Waals surface area contributed by atoms with E-state index in [4.69, 9.17) is 17.0 Å². The van der Waals surface area contributed by atoms with Crippen LogP contribution in [-0.4, -0.2) is 12.1 Å². The first-order chi connectivity index (χ1) is 6.13. The standard InChI is InChI=1S/C9H9ClN2O/c1-6-4-7(10)2-3-8(6)12-9(13)5-11/h2-5,11H,1H3,(H,12,13). The van der Waals surface area contributed by atoms with Crippen LogP contribution in [0, 0.1) is 12.3 Å². The molecule has 2 N–H and O–H groups in total. The predicted molar refractivity (Wildman–Crippen MR) is 53.6 cm³/mol. The van der Waals surface area contributed by atoms with Crippen molar-refractivity contribution in [3.63, 3.8) is 0 Å². The molecule has 0 aliphatic heterocycles. The number of nitrogens with one attached hydrogen (secondary N) is 2. The molecule has 0 radical (unpaired) electrons. The van der Waals surface area contributed by atoms with Gasteiger partial charge in [-0.1, -0.05) is 11.6 Å². The maximum absolute atomic E-state index is 10.8. The first kappa shape index (κ1) is 9.74. The predicted octanol–water partition coefficient (Wildman–Crippen LogP) is 2.24. The Morgan fingerprint density at radius 1 is 1.62 bits per heavy atom. The number of hydrogen-bond acceptors (Lipinski definition) is 2. The molecule has 0 aliphatic rings. The van der Waals surface area contributed by atoms with Crippen molar-refractivity contribution in [2.24, 2.45) is 0 Å². The van der Waals surface area contributed by atoms with Crippen LogP contribution in [0.2, 0.25) is 5.02 Å². The summed E-state index contributed by atoms with van der Waals surface area (Å²) in [6.45, 7) is 1.84. The molecule has 13 heavy (non-hydrogen) atoms.